The molecule has 15 heavy (non-hydrogen) atoms. The summed E-state index contributed by atoms with van der Waals surface area (Å²) in [5.41, 5.74) is 6.99. The summed E-state index contributed by atoms with van der Waals surface area (Å²) in [5, 5.41) is 8.69. The smallest absolute Gasteiger partial charge is 0.371 e. The minimum atomic E-state index is -1.09. The van der Waals surface area contributed by atoms with Crippen LogP contribution in [-0.4, -0.2) is 11.1 Å². The number of aromatic carboxylic acids is 1. The van der Waals surface area contributed by atoms with Gasteiger partial charge in [0.2, 0.25) is 5.76 Å². The molecule has 0 unspecified atom stereocenters. The summed E-state index contributed by atoms with van der Waals surface area (Å²) in [6.07, 6.45) is 0. The van der Waals surface area contributed by atoms with Crippen LogP contribution in [0.2, 0.25) is 0 Å². The van der Waals surface area contributed by atoms with Gasteiger partial charge in [0.25, 0.3) is 0 Å². The van der Waals surface area contributed by atoms with Crippen LogP contribution in [0.5, 0.6) is 0 Å². The lowest BCUT2D eigenvalue weighted by Crippen LogP contribution is -1.92. The monoisotopic (exact) mass is 203 g/mol. The molecule has 1 aromatic heterocycles. The second-order valence-electron chi connectivity index (χ2n) is 3.06. The van der Waals surface area contributed by atoms with Crippen molar-refractivity contribution in [2.75, 3.05) is 5.73 Å². The van der Waals surface area contributed by atoms with E-state index in [2.05, 4.69) is 0 Å². The molecule has 0 aliphatic rings. The van der Waals surface area contributed by atoms with Crippen molar-refractivity contribution < 1.29 is 14.3 Å². The second-order valence-corrected chi connectivity index (χ2v) is 3.06. The van der Waals surface area contributed by atoms with E-state index in [1.807, 2.05) is 6.07 Å². The van der Waals surface area contributed by atoms with Gasteiger partial charge in [-0.15, -0.1) is 0 Å². The van der Waals surface area contributed by atoms with Gasteiger partial charge in [0.05, 0.1) is 0 Å². The predicted molar refractivity (Wildman–Crippen MR) is 55.5 cm³/mol. The molecule has 4 nitrogen and oxygen atoms in total. The number of para-hydroxylation sites is 1. The molecular weight excluding hydrogens is 194 g/mol. The Hall–Kier alpha value is -2.23. The number of furan rings is 1. The number of hydrogen-bond donors (Lipinski definition) is 2. The van der Waals surface area contributed by atoms with Gasteiger partial charge in [0.15, 0.2) is 0 Å². The Balaban J connectivity index is 2.46. The summed E-state index contributed by atoms with van der Waals surface area (Å²) in [6, 6.07) is 10.1. The Bertz CT molecular complexity index is 502. The summed E-state index contributed by atoms with van der Waals surface area (Å²) in [5.74, 6) is -0.713. The first-order chi connectivity index (χ1) is 7.18. The van der Waals surface area contributed by atoms with Gasteiger partial charge < -0.3 is 15.3 Å². The number of carboxylic acids is 1. The lowest BCUT2D eigenvalue weighted by atomic mass is 10.1. The molecular formula is C11H9NO3. The lowest BCUT2D eigenvalue weighted by Gasteiger charge is -2.00. The predicted octanol–water partition coefficient (Wildman–Crippen LogP) is 2.23. The van der Waals surface area contributed by atoms with E-state index >= 15 is 0 Å². The third kappa shape index (κ3) is 1.69. The quantitative estimate of drug-likeness (QED) is 0.733. The molecule has 0 radical (unpaired) electrons. The summed E-state index contributed by atoms with van der Waals surface area (Å²) in [7, 11) is 0. The molecule has 0 saturated carbocycles. The Morgan fingerprint density at radius 3 is 2.53 bits per heavy atom. The number of rotatable bonds is 2. The fourth-order valence-electron chi connectivity index (χ4n) is 1.32. The molecule has 0 fully saturated rings. The maximum Gasteiger partial charge on any atom is 0.371 e. The number of hydrogen-bond acceptors (Lipinski definition) is 3. The fourth-order valence-corrected chi connectivity index (χ4v) is 1.32. The third-order valence-electron chi connectivity index (χ3n) is 2.04. The van der Waals surface area contributed by atoms with E-state index in [9.17, 15) is 4.79 Å². The fraction of sp³-hybridized carbons (Fsp3) is 0. The molecule has 0 aliphatic carbocycles. The lowest BCUT2D eigenvalue weighted by molar-refractivity contribution is 0.0663. The summed E-state index contributed by atoms with van der Waals surface area (Å²) in [6.45, 7) is 0. The number of nitrogen functional groups attached to an aromatic ring is 1. The SMILES string of the molecule is Nc1ccccc1-c1ccc(C(=O)O)o1. The van der Waals surface area contributed by atoms with Gasteiger partial charge in [0, 0.05) is 11.3 Å². The van der Waals surface area contributed by atoms with Gasteiger partial charge in [-0.2, -0.15) is 0 Å². The van der Waals surface area contributed by atoms with Crippen LogP contribution in [0, 0.1) is 0 Å². The van der Waals surface area contributed by atoms with Crippen molar-refractivity contribution in [2.24, 2.45) is 0 Å². The normalized spacial score (nSPS) is 10.1. The van der Waals surface area contributed by atoms with Crippen LogP contribution in [0.4, 0.5) is 5.69 Å². The number of carboxylic acid groups (broad SMARTS) is 1. The van der Waals surface area contributed by atoms with Crippen molar-refractivity contribution in [1.29, 1.82) is 0 Å². The van der Waals surface area contributed by atoms with Gasteiger partial charge in [-0.1, -0.05) is 12.1 Å². The molecule has 0 spiro atoms. The summed E-state index contributed by atoms with van der Waals surface area (Å²) in [4.78, 5) is 10.6. The molecule has 4 heteroatoms. The highest BCUT2D eigenvalue weighted by molar-refractivity contribution is 5.85. The highest BCUT2D eigenvalue weighted by atomic mass is 16.4. The first kappa shape index (κ1) is 9.33. The minimum absolute atomic E-state index is 0.0896. The third-order valence-corrected chi connectivity index (χ3v) is 2.04. The molecule has 0 saturated heterocycles. The van der Waals surface area contributed by atoms with Gasteiger partial charge in [-0.3, -0.25) is 0 Å². The Morgan fingerprint density at radius 2 is 1.93 bits per heavy atom. The average molecular weight is 203 g/mol. The van der Waals surface area contributed by atoms with Crippen LogP contribution in [0.1, 0.15) is 10.6 Å². The number of anilines is 1. The van der Waals surface area contributed by atoms with Crippen molar-refractivity contribution in [3.63, 3.8) is 0 Å². The van der Waals surface area contributed by atoms with Gasteiger partial charge in [-0.05, 0) is 24.3 Å². The molecule has 0 amide bonds. The molecule has 2 aromatic rings. The maximum absolute atomic E-state index is 10.6. The highest BCUT2D eigenvalue weighted by Gasteiger charge is 2.11. The Labute approximate surface area is 85.9 Å². The molecule has 0 atom stereocenters. The van der Waals surface area contributed by atoms with Crippen molar-refractivity contribution in [3.8, 4) is 11.3 Å². The van der Waals surface area contributed by atoms with E-state index in [-0.39, 0.29) is 5.76 Å². The molecule has 0 aliphatic heterocycles. The second kappa shape index (κ2) is 3.49. The van der Waals surface area contributed by atoms with E-state index < -0.39 is 5.97 Å². The Kier molecular flexibility index (Phi) is 2.17. The summed E-state index contributed by atoms with van der Waals surface area (Å²) < 4.78 is 5.13. The standard InChI is InChI=1S/C11H9NO3/c12-8-4-2-1-3-7(8)9-5-6-10(15-9)11(13)14/h1-6H,12H2,(H,13,14). The molecule has 3 N–H and O–H groups in total. The van der Waals surface area contributed by atoms with E-state index in [0.717, 1.165) is 0 Å². The Morgan fingerprint density at radius 1 is 1.20 bits per heavy atom. The van der Waals surface area contributed by atoms with E-state index in [1.54, 1.807) is 24.3 Å². The number of nitrogens with two attached hydrogens (primary N) is 1. The first-order valence-electron chi connectivity index (χ1n) is 4.36. The molecule has 0 bridgehead atoms. The van der Waals surface area contributed by atoms with Crippen LogP contribution >= 0.6 is 0 Å². The van der Waals surface area contributed by atoms with Crippen molar-refractivity contribution in [1.82, 2.24) is 0 Å². The van der Waals surface area contributed by atoms with E-state index in [1.165, 1.54) is 6.07 Å². The highest BCUT2D eigenvalue weighted by Crippen LogP contribution is 2.27. The average Bonchev–Trinajstić information content (AvgIpc) is 2.67. The van der Waals surface area contributed by atoms with Crippen LogP contribution in [-0.2, 0) is 0 Å². The summed E-state index contributed by atoms with van der Waals surface area (Å²) >= 11 is 0. The van der Waals surface area contributed by atoms with Crippen LogP contribution in [0.15, 0.2) is 40.8 Å². The van der Waals surface area contributed by atoms with E-state index in [0.29, 0.717) is 17.0 Å². The van der Waals surface area contributed by atoms with Crippen LogP contribution < -0.4 is 5.73 Å². The van der Waals surface area contributed by atoms with Crippen LogP contribution in [0.25, 0.3) is 11.3 Å². The van der Waals surface area contributed by atoms with E-state index in [4.69, 9.17) is 15.3 Å². The van der Waals surface area contributed by atoms with Crippen molar-refractivity contribution in [3.05, 3.63) is 42.2 Å². The molecule has 1 aromatic carbocycles. The molecule has 1 heterocycles. The molecule has 76 valence electrons. The zero-order valence-electron chi connectivity index (χ0n) is 7.81. The van der Waals surface area contributed by atoms with Crippen molar-refractivity contribution in [2.45, 2.75) is 0 Å². The van der Waals surface area contributed by atoms with Gasteiger partial charge >= 0.3 is 5.97 Å². The zero-order chi connectivity index (χ0) is 10.8. The number of benzene rings is 1. The maximum atomic E-state index is 10.6. The first-order valence-corrected chi connectivity index (χ1v) is 4.36. The van der Waals surface area contributed by atoms with Gasteiger partial charge in [0.1, 0.15) is 5.76 Å². The zero-order valence-corrected chi connectivity index (χ0v) is 7.81. The van der Waals surface area contributed by atoms with Crippen molar-refractivity contribution >= 4 is 11.7 Å². The van der Waals surface area contributed by atoms with Crippen LogP contribution in [0.3, 0.4) is 0 Å². The van der Waals surface area contributed by atoms with Gasteiger partial charge in [-0.25, -0.2) is 4.79 Å². The topological polar surface area (TPSA) is 76.5 Å². The minimum Gasteiger partial charge on any atom is -0.475 e. The molecule has 2 rings (SSSR count). The number of carbonyl (C=O) groups is 1. The largest absolute Gasteiger partial charge is 0.475 e.